The van der Waals surface area contributed by atoms with Gasteiger partial charge in [-0.25, -0.2) is 18.3 Å². The average molecular weight is 1130 g/mol. The predicted octanol–water partition coefficient (Wildman–Crippen LogP) is 19.5. The molecule has 0 saturated carbocycles. The molecule has 4 heteroatoms. The van der Waals surface area contributed by atoms with E-state index in [0.29, 0.717) is 5.56 Å². The van der Waals surface area contributed by atoms with Crippen molar-refractivity contribution in [1.29, 1.82) is 0 Å². The number of hydrogen-bond donors (Lipinski definition) is 0. The Morgan fingerprint density at radius 2 is 0.619 bits per heavy atom. The third-order valence-corrected chi connectivity index (χ3v) is 20.2. The van der Waals surface area contributed by atoms with Crippen LogP contribution in [0.15, 0.2) is 146 Å². The van der Waals surface area contributed by atoms with E-state index >= 15 is 0 Å². The van der Waals surface area contributed by atoms with Crippen LogP contribution in [0.2, 0.25) is 0 Å². The van der Waals surface area contributed by atoms with E-state index in [1.54, 1.807) is 12.1 Å². The maximum absolute atomic E-state index is 7.55. The summed E-state index contributed by atoms with van der Waals surface area (Å²) >= 11 is 0. The fraction of sp³-hybridized carbons (Fsp3) is 0.450. The van der Waals surface area contributed by atoms with E-state index in [2.05, 4.69) is 299 Å². The van der Waals surface area contributed by atoms with Crippen LogP contribution >= 0.6 is 0 Å². The lowest BCUT2D eigenvalue weighted by molar-refractivity contribution is -0.661. The van der Waals surface area contributed by atoms with Crippen LogP contribution in [-0.2, 0) is 49.9 Å². The summed E-state index contributed by atoms with van der Waals surface area (Å²) in [7, 11) is 8.54. The summed E-state index contributed by atoms with van der Waals surface area (Å²) < 4.78 is 31.7. The van der Waals surface area contributed by atoms with Crippen LogP contribution in [0.25, 0.3) is 45.0 Å². The normalized spacial score (nSPS) is 12.4. The molecule has 4 aromatic heterocycles. The number of rotatable bonds is 16. The molecule has 0 fully saturated rings. The number of nitrogens with zero attached hydrogens (tertiary/aromatic N) is 4. The molecule has 0 atom stereocenters. The maximum Gasteiger partial charge on any atom is 0.212 e. The molecule has 0 radical (unpaired) electrons. The van der Waals surface area contributed by atoms with Crippen molar-refractivity contribution in [3.8, 4) is 45.0 Å². The highest BCUT2D eigenvalue weighted by Crippen LogP contribution is 2.37. The third-order valence-electron chi connectivity index (χ3n) is 20.2. The van der Waals surface area contributed by atoms with E-state index in [1.165, 1.54) is 128 Å². The first-order valence-electron chi connectivity index (χ1n) is 33.2. The van der Waals surface area contributed by atoms with Crippen LogP contribution < -0.4 is 18.3 Å². The minimum absolute atomic E-state index is 0.191. The van der Waals surface area contributed by atoms with Crippen molar-refractivity contribution in [2.24, 2.45) is 28.2 Å². The molecule has 0 aliphatic rings. The van der Waals surface area contributed by atoms with E-state index in [4.69, 9.17) is 4.11 Å². The lowest BCUT2D eigenvalue weighted by atomic mass is 9.76. The maximum atomic E-state index is 7.55. The lowest BCUT2D eigenvalue weighted by Gasteiger charge is -2.28. The first-order chi connectivity index (χ1) is 40.9. The van der Waals surface area contributed by atoms with Gasteiger partial charge in [0, 0.05) is 72.9 Å². The van der Waals surface area contributed by atoms with Crippen LogP contribution in [0.5, 0.6) is 0 Å². The van der Waals surface area contributed by atoms with Crippen molar-refractivity contribution >= 4 is 0 Å². The Bertz CT molecular complexity index is 3470. The van der Waals surface area contributed by atoms with Crippen molar-refractivity contribution in [3.63, 3.8) is 0 Å². The summed E-state index contributed by atoms with van der Waals surface area (Å²) in [6.45, 7) is 40.7. The second-order valence-electron chi connectivity index (χ2n) is 25.6. The smallest absolute Gasteiger partial charge is 0.201 e. The quantitative estimate of drug-likeness (QED) is 0.0857. The zero-order valence-electron chi connectivity index (χ0n) is 59.8. The molecular weight excluding hydrogens is 1020 g/mol. The molecule has 4 aromatic carbocycles. The monoisotopic (exact) mass is 1130 g/mol. The predicted molar refractivity (Wildman–Crippen MR) is 362 cm³/mol. The van der Waals surface area contributed by atoms with E-state index in [1.807, 2.05) is 13.0 Å². The van der Waals surface area contributed by atoms with Gasteiger partial charge in [0.15, 0.2) is 24.8 Å². The molecule has 0 saturated heterocycles. The van der Waals surface area contributed by atoms with Gasteiger partial charge in [-0.1, -0.05) is 155 Å². The third kappa shape index (κ3) is 15.7. The Hall–Kier alpha value is -6.52. The number of hydrogen-bond acceptors (Lipinski definition) is 0. The van der Waals surface area contributed by atoms with Gasteiger partial charge < -0.3 is 0 Å². The molecule has 0 bridgehead atoms. The summed E-state index contributed by atoms with van der Waals surface area (Å²) in [4.78, 5) is 0. The molecule has 0 amide bonds. The topological polar surface area (TPSA) is 15.5 Å². The molecule has 4 heterocycles. The average Bonchev–Trinajstić information content (AvgIpc) is 2.59. The van der Waals surface area contributed by atoms with Gasteiger partial charge >= 0.3 is 0 Å². The van der Waals surface area contributed by atoms with Gasteiger partial charge in [0.2, 0.25) is 22.8 Å². The molecular formula is C80H112N4+4. The van der Waals surface area contributed by atoms with Crippen LogP contribution in [0, 0.1) is 55.3 Å². The highest BCUT2D eigenvalue weighted by molar-refractivity contribution is 5.64. The first kappa shape index (κ1) is 63.5. The number of benzene rings is 4. The van der Waals surface area contributed by atoms with Gasteiger partial charge in [-0.3, -0.25) is 0 Å². The van der Waals surface area contributed by atoms with Crippen LogP contribution in [0.3, 0.4) is 0 Å². The van der Waals surface area contributed by atoms with Crippen LogP contribution in [0.1, 0.15) is 205 Å². The summed E-state index contributed by atoms with van der Waals surface area (Å²) in [5, 5.41) is 0. The number of aryl methyl sites for hydroxylation is 12. The fourth-order valence-corrected chi connectivity index (χ4v) is 12.1. The summed E-state index contributed by atoms with van der Waals surface area (Å²) in [5.41, 5.74) is 26.3. The Balaban J connectivity index is 0.000000212. The first-order valence-corrected chi connectivity index (χ1v) is 31.7. The Morgan fingerprint density at radius 1 is 0.310 bits per heavy atom. The molecule has 4 nitrogen and oxygen atoms in total. The van der Waals surface area contributed by atoms with Crippen molar-refractivity contribution in [2.75, 3.05) is 0 Å². The van der Waals surface area contributed by atoms with Crippen molar-refractivity contribution in [3.05, 3.63) is 213 Å². The molecule has 0 unspecified atom stereocenters. The van der Waals surface area contributed by atoms with Crippen molar-refractivity contribution in [2.45, 2.75) is 211 Å². The lowest BCUT2D eigenvalue weighted by Crippen LogP contribution is -2.35. The second-order valence-corrected chi connectivity index (χ2v) is 25.6. The molecule has 0 aliphatic carbocycles. The number of aromatic nitrogens is 4. The summed E-state index contributed by atoms with van der Waals surface area (Å²) in [6.07, 6.45) is 18.4. The van der Waals surface area contributed by atoms with Gasteiger partial charge in [0.1, 0.15) is 28.2 Å². The highest BCUT2D eigenvalue weighted by atomic mass is 14.9. The molecule has 0 N–H and O–H groups in total. The van der Waals surface area contributed by atoms with E-state index in [-0.39, 0.29) is 21.7 Å². The zero-order valence-corrected chi connectivity index (χ0v) is 56.8. The van der Waals surface area contributed by atoms with Gasteiger partial charge in [0.05, 0.1) is 0 Å². The minimum atomic E-state index is -2.06. The number of pyridine rings is 4. The zero-order chi connectivity index (χ0) is 65.0. The Morgan fingerprint density at radius 3 is 0.929 bits per heavy atom. The molecule has 0 aliphatic heterocycles. The van der Waals surface area contributed by atoms with Crippen molar-refractivity contribution < 1.29 is 22.4 Å². The van der Waals surface area contributed by atoms with Crippen molar-refractivity contribution in [1.82, 2.24) is 0 Å². The highest BCUT2D eigenvalue weighted by Gasteiger charge is 2.31. The standard InChI is InChI=1S/4C20H28N/c2*1-7-20(5,8-2)17-10-12-19(21(6)14-17)18-11-9-15(3)13-16(18)4;2*1-7-20(5,8-2)18-14-21(6)19(13-16(18)4)17-12-10-9-11-15(17)3/h4*9-14H,7-8H2,1-6H3/q4*+1/i3D3;;;. The van der Waals surface area contributed by atoms with Gasteiger partial charge in [-0.2, -0.15) is 0 Å². The van der Waals surface area contributed by atoms with Gasteiger partial charge in [-0.05, 0) is 198 Å². The molecule has 448 valence electrons. The van der Waals surface area contributed by atoms with E-state index < -0.39 is 6.85 Å². The Labute approximate surface area is 517 Å². The van der Waals surface area contributed by atoms with Gasteiger partial charge in [0.25, 0.3) is 0 Å². The van der Waals surface area contributed by atoms with Gasteiger partial charge in [-0.15, -0.1) is 0 Å². The van der Waals surface area contributed by atoms with Crippen LogP contribution in [-0.4, -0.2) is 0 Å². The molecule has 8 rings (SSSR count). The minimum Gasteiger partial charge on any atom is -0.201 e. The Kier molecular flexibility index (Phi) is 22.3. The van der Waals surface area contributed by atoms with Crippen LogP contribution in [0.4, 0.5) is 0 Å². The SMILES string of the molecule is CCC(C)(CC)c1c[n+](C)c(-c2ccccc2C)cc1C.CCC(C)(CC)c1c[n+](C)c(-c2ccccc2C)cc1C.CCC(C)(CC)c1ccc(-c2ccc(C)cc2C)[n+](C)c1.[2H]C([2H])([2H])c1ccc(-c2ccc(C(C)(CC)CC)c[n+]2C)c(C)c1. The van der Waals surface area contributed by atoms with E-state index in [9.17, 15) is 0 Å². The second kappa shape index (κ2) is 29.5. The summed E-state index contributed by atoms with van der Waals surface area (Å²) in [6, 6.07) is 43.0. The molecule has 84 heavy (non-hydrogen) atoms. The molecule has 0 spiro atoms. The van der Waals surface area contributed by atoms with E-state index in [0.717, 1.165) is 29.7 Å². The summed E-state index contributed by atoms with van der Waals surface area (Å²) in [5.74, 6) is 0. The fourth-order valence-electron chi connectivity index (χ4n) is 12.1. The molecule has 8 aromatic rings. The largest absolute Gasteiger partial charge is 0.212 e.